The van der Waals surface area contributed by atoms with Crippen molar-refractivity contribution >= 4 is 23.4 Å². The van der Waals surface area contributed by atoms with E-state index >= 15 is 0 Å². The third-order valence-electron chi connectivity index (χ3n) is 5.82. The Labute approximate surface area is 219 Å². The second kappa shape index (κ2) is 11.4. The highest BCUT2D eigenvalue weighted by atomic mass is 35.5. The number of benzene rings is 2. The van der Waals surface area contributed by atoms with Crippen molar-refractivity contribution in [3.05, 3.63) is 64.9 Å². The number of nitrogens with zero attached hydrogens (tertiary/aromatic N) is 5. The fourth-order valence-corrected chi connectivity index (χ4v) is 4.28. The van der Waals surface area contributed by atoms with Gasteiger partial charge in [0, 0.05) is 29.3 Å². The van der Waals surface area contributed by atoms with Gasteiger partial charge in [0.2, 0.25) is 17.6 Å². The quantitative estimate of drug-likeness (QED) is 0.477. The lowest BCUT2D eigenvalue weighted by Gasteiger charge is -2.34. The first-order chi connectivity index (χ1) is 17.6. The molecule has 0 aliphatic carbocycles. The molecule has 1 saturated heterocycles. The van der Waals surface area contributed by atoms with Crippen LogP contribution in [0.1, 0.15) is 45.2 Å². The monoisotopic (exact) mass is 528 g/mol. The average Bonchev–Trinajstić information content (AvgIpc) is 3.51. The van der Waals surface area contributed by atoms with Gasteiger partial charge in [0.1, 0.15) is 18.4 Å². The van der Waals surface area contributed by atoms with Crippen LogP contribution in [0.25, 0.3) is 11.4 Å². The maximum absolute atomic E-state index is 13.7. The minimum absolute atomic E-state index is 0.192. The van der Waals surface area contributed by atoms with Gasteiger partial charge in [-0.2, -0.15) is 4.80 Å². The number of ether oxygens (including phenoxy) is 1. The van der Waals surface area contributed by atoms with Crippen LogP contribution in [-0.2, 0) is 20.9 Å². The third kappa shape index (κ3) is 7.11. The maximum atomic E-state index is 13.7. The first kappa shape index (κ1) is 26.7. The average molecular weight is 529 g/mol. The number of hydrogen-bond donors (Lipinski definition) is 1. The van der Waals surface area contributed by atoms with Crippen LogP contribution in [-0.4, -0.2) is 61.7 Å². The van der Waals surface area contributed by atoms with Gasteiger partial charge in [-0.1, -0.05) is 23.7 Å². The van der Waals surface area contributed by atoms with Crippen LogP contribution < -0.4 is 5.32 Å². The minimum atomic E-state index is -1.00. The number of halogens is 2. The third-order valence-corrected chi connectivity index (χ3v) is 6.07. The topological polar surface area (TPSA) is 102 Å². The summed E-state index contributed by atoms with van der Waals surface area (Å²) in [5.74, 6) is -0.860. The molecule has 2 aromatic carbocycles. The molecule has 1 N–H and O–H groups in total. The van der Waals surface area contributed by atoms with E-state index in [1.54, 1.807) is 24.3 Å². The Balaban J connectivity index is 1.64. The first-order valence-corrected chi connectivity index (χ1v) is 12.5. The van der Waals surface area contributed by atoms with Crippen LogP contribution in [0.4, 0.5) is 4.39 Å². The van der Waals surface area contributed by atoms with Crippen molar-refractivity contribution in [2.24, 2.45) is 0 Å². The number of amides is 2. The van der Waals surface area contributed by atoms with Gasteiger partial charge < -0.3 is 15.0 Å². The zero-order chi connectivity index (χ0) is 26.6. The molecule has 0 saturated carbocycles. The molecule has 37 heavy (non-hydrogen) atoms. The number of rotatable bonds is 8. The standard InChI is InChI=1S/C26H30ClFN6O3/c1-26(2,3)29-25(36)23(17-8-12-20(28)13-9-17)33(15-21-5-4-14-37-21)22(35)16-34-31-24(30-32-34)18-6-10-19(27)11-7-18/h6-13,21,23H,4-5,14-16H2,1-3H3,(H,29,36)/t21-,23+/m1/s1. The van der Waals surface area contributed by atoms with Crippen molar-refractivity contribution in [1.82, 2.24) is 30.4 Å². The smallest absolute Gasteiger partial charge is 0.247 e. The molecule has 1 aliphatic heterocycles. The summed E-state index contributed by atoms with van der Waals surface area (Å²) in [4.78, 5) is 29.9. The van der Waals surface area contributed by atoms with Gasteiger partial charge in [-0.25, -0.2) is 4.39 Å². The molecule has 1 fully saturated rings. The number of hydrogen-bond acceptors (Lipinski definition) is 6. The SMILES string of the molecule is CC(C)(C)NC(=O)[C@H](c1ccc(F)cc1)N(C[C@H]1CCCO1)C(=O)Cn1nnc(-c2ccc(Cl)cc2)n1. The van der Waals surface area contributed by atoms with E-state index < -0.39 is 23.3 Å². The van der Waals surface area contributed by atoms with E-state index in [2.05, 4.69) is 20.7 Å². The Morgan fingerprint density at radius 1 is 1.19 bits per heavy atom. The van der Waals surface area contributed by atoms with Gasteiger partial charge >= 0.3 is 0 Å². The number of carbonyl (C=O) groups is 2. The molecular weight excluding hydrogens is 499 g/mol. The Bertz CT molecular complexity index is 1220. The molecule has 1 aromatic heterocycles. The van der Waals surface area contributed by atoms with Gasteiger partial charge in [0.15, 0.2) is 0 Å². The number of tetrazole rings is 1. The van der Waals surface area contributed by atoms with Gasteiger partial charge in [-0.05, 0) is 80.8 Å². The van der Waals surface area contributed by atoms with Crippen LogP contribution in [0.2, 0.25) is 5.02 Å². The highest BCUT2D eigenvalue weighted by Crippen LogP contribution is 2.26. The molecule has 4 rings (SSSR count). The van der Waals surface area contributed by atoms with Gasteiger partial charge in [-0.15, -0.1) is 10.2 Å². The number of aromatic nitrogens is 4. The molecule has 0 radical (unpaired) electrons. The van der Waals surface area contributed by atoms with Gasteiger partial charge in [0.25, 0.3) is 0 Å². The molecule has 9 nitrogen and oxygen atoms in total. The molecule has 2 amide bonds. The van der Waals surface area contributed by atoms with E-state index in [4.69, 9.17) is 16.3 Å². The second-order valence-corrected chi connectivity index (χ2v) is 10.5. The van der Waals surface area contributed by atoms with Crippen molar-refractivity contribution in [1.29, 1.82) is 0 Å². The molecule has 3 aromatic rings. The minimum Gasteiger partial charge on any atom is -0.376 e. The van der Waals surface area contributed by atoms with Crippen molar-refractivity contribution in [2.75, 3.05) is 13.2 Å². The van der Waals surface area contributed by atoms with Gasteiger partial charge in [-0.3, -0.25) is 9.59 Å². The van der Waals surface area contributed by atoms with Crippen molar-refractivity contribution < 1.29 is 18.7 Å². The lowest BCUT2D eigenvalue weighted by Crippen LogP contribution is -2.51. The van der Waals surface area contributed by atoms with Crippen LogP contribution in [0.15, 0.2) is 48.5 Å². The van der Waals surface area contributed by atoms with Crippen molar-refractivity contribution in [2.45, 2.75) is 57.8 Å². The summed E-state index contributed by atoms with van der Waals surface area (Å²) in [7, 11) is 0. The van der Waals surface area contributed by atoms with E-state index in [9.17, 15) is 14.0 Å². The fourth-order valence-electron chi connectivity index (χ4n) is 4.15. The summed E-state index contributed by atoms with van der Waals surface area (Å²) in [5.41, 5.74) is 0.644. The molecule has 2 heterocycles. The second-order valence-electron chi connectivity index (χ2n) is 10.0. The molecule has 2 atom stereocenters. The molecular formula is C26H30ClFN6O3. The normalized spacial score (nSPS) is 16.4. The van der Waals surface area contributed by atoms with E-state index in [-0.39, 0.29) is 25.1 Å². The predicted molar refractivity (Wildman–Crippen MR) is 136 cm³/mol. The Hall–Kier alpha value is -3.37. The maximum Gasteiger partial charge on any atom is 0.247 e. The Morgan fingerprint density at radius 3 is 2.51 bits per heavy atom. The summed E-state index contributed by atoms with van der Waals surface area (Å²) < 4.78 is 19.5. The fraction of sp³-hybridized carbons (Fsp3) is 0.423. The molecule has 196 valence electrons. The Kier molecular flexibility index (Phi) is 8.19. The zero-order valence-corrected chi connectivity index (χ0v) is 21.8. The lowest BCUT2D eigenvalue weighted by molar-refractivity contribution is -0.144. The summed E-state index contributed by atoms with van der Waals surface area (Å²) in [6, 6.07) is 11.5. The van der Waals surface area contributed by atoms with E-state index in [1.165, 1.54) is 34.0 Å². The zero-order valence-electron chi connectivity index (χ0n) is 21.0. The van der Waals surface area contributed by atoms with Crippen LogP contribution >= 0.6 is 11.6 Å². The summed E-state index contributed by atoms with van der Waals surface area (Å²) >= 11 is 5.96. The van der Waals surface area contributed by atoms with Gasteiger partial charge in [0.05, 0.1) is 6.10 Å². The van der Waals surface area contributed by atoms with E-state index in [0.29, 0.717) is 28.6 Å². The van der Waals surface area contributed by atoms with Crippen LogP contribution in [0.5, 0.6) is 0 Å². The largest absolute Gasteiger partial charge is 0.376 e. The number of nitrogens with one attached hydrogen (secondary N) is 1. The molecule has 0 unspecified atom stereocenters. The summed E-state index contributed by atoms with van der Waals surface area (Å²) in [5, 5.41) is 16.0. The van der Waals surface area contributed by atoms with Crippen molar-refractivity contribution in [3.8, 4) is 11.4 Å². The first-order valence-electron chi connectivity index (χ1n) is 12.1. The Morgan fingerprint density at radius 2 is 1.89 bits per heavy atom. The molecule has 1 aliphatic rings. The summed E-state index contributed by atoms with van der Waals surface area (Å²) in [6.07, 6.45) is 1.42. The molecule has 0 bridgehead atoms. The van der Waals surface area contributed by atoms with Crippen LogP contribution in [0, 0.1) is 5.82 Å². The highest BCUT2D eigenvalue weighted by molar-refractivity contribution is 6.30. The molecule has 11 heteroatoms. The van der Waals surface area contributed by atoms with Crippen LogP contribution in [0.3, 0.4) is 0 Å². The highest BCUT2D eigenvalue weighted by Gasteiger charge is 2.36. The predicted octanol–water partition coefficient (Wildman–Crippen LogP) is 3.80. The number of carbonyl (C=O) groups excluding carboxylic acids is 2. The van der Waals surface area contributed by atoms with E-state index in [1.807, 2.05) is 20.8 Å². The van der Waals surface area contributed by atoms with Crippen molar-refractivity contribution in [3.63, 3.8) is 0 Å². The van der Waals surface area contributed by atoms with E-state index in [0.717, 1.165) is 12.8 Å². The molecule has 0 spiro atoms. The lowest BCUT2D eigenvalue weighted by atomic mass is 10.0. The summed E-state index contributed by atoms with van der Waals surface area (Å²) in [6.45, 7) is 6.12.